The average molecular weight is 380 g/mol. The van der Waals surface area contributed by atoms with Crippen molar-refractivity contribution in [2.75, 3.05) is 0 Å². The van der Waals surface area contributed by atoms with E-state index in [1.807, 2.05) is 47.8 Å². The Morgan fingerprint density at radius 1 is 1.15 bits per heavy atom. The summed E-state index contributed by atoms with van der Waals surface area (Å²) in [6.07, 6.45) is 1.37. The third-order valence-electron chi connectivity index (χ3n) is 4.16. The molecule has 5 nitrogen and oxygen atoms in total. The molecule has 26 heavy (non-hydrogen) atoms. The molecule has 1 N–H and O–H groups in total. The van der Waals surface area contributed by atoms with E-state index < -0.39 is 0 Å². The summed E-state index contributed by atoms with van der Waals surface area (Å²) in [7, 11) is 0. The number of hydrogen-bond donors (Lipinski definition) is 1. The molecule has 4 heterocycles. The summed E-state index contributed by atoms with van der Waals surface area (Å²) < 4.78 is 5.77. The molecule has 0 radical (unpaired) electrons. The number of nitrogens with zero attached hydrogens (tertiary/aromatic N) is 2. The molecule has 5 rings (SSSR count). The monoisotopic (exact) mass is 379 g/mol. The fraction of sp³-hybridized carbons (Fsp3) is 0. The van der Waals surface area contributed by atoms with Crippen molar-refractivity contribution < 1.29 is 4.42 Å². The van der Waals surface area contributed by atoms with Gasteiger partial charge in [0.25, 0.3) is 5.56 Å². The van der Waals surface area contributed by atoms with Crippen LogP contribution in [0.3, 0.4) is 0 Å². The van der Waals surface area contributed by atoms with Gasteiger partial charge in [-0.2, -0.15) is 0 Å². The van der Waals surface area contributed by atoms with Crippen LogP contribution in [0.4, 0.5) is 0 Å². The first kappa shape index (κ1) is 15.3. The number of aromatic amines is 1. The molecule has 0 unspecified atom stereocenters. The first-order valence-corrected chi connectivity index (χ1v) is 9.07. The summed E-state index contributed by atoms with van der Waals surface area (Å²) in [5.74, 6) is 0. The van der Waals surface area contributed by atoms with Gasteiger partial charge in [0.05, 0.1) is 22.3 Å². The van der Waals surface area contributed by atoms with E-state index in [4.69, 9.17) is 16.0 Å². The zero-order valence-corrected chi connectivity index (χ0v) is 14.8. The number of thiophene rings is 1. The lowest BCUT2D eigenvalue weighted by molar-refractivity contribution is 0.647. The minimum absolute atomic E-state index is 0.175. The topological polar surface area (TPSA) is 71.8 Å². The first-order chi connectivity index (χ1) is 12.7. The Kier molecular flexibility index (Phi) is 3.41. The van der Waals surface area contributed by atoms with Crippen LogP contribution >= 0.6 is 22.9 Å². The molecule has 0 atom stereocenters. The summed E-state index contributed by atoms with van der Waals surface area (Å²) in [6, 6.07) is 13.5. The van der Waals surface area contributed by atoms with Crippen LogP contribution in [-0.4, -0.2) is 15.0 Å². The van der Waals surface area contributed by atoms with E-state index in [0.29, 0.717) is 21.6 Å². The van der Waals surface area contributed by atoms with E-state index in [1.54, 1.807) is 11.3 Å². The Morgan fingerprint density at radius 2 is 2.00 bits per heavy atom. The third kappa shape index (κ3) is 2.34. The first-order valence-electron chi connectivity index (χ1n) is 7.81. The fourth-order valence-electron chi connectivity index (χ4n) is 2.99. The second kappa shape index (κ2) is 5.79. The van der Waals surface area contributed by atoms with Gasteiger partial charge in [0.1, 0.15) is 5.52 Å². The highest BCUT2D eigenvalue weighted by molar-refractivity contribution is 7.13. The van der Waals surface area contributed by atoms with Crippen molar-refractivity contribution in [3.05, 3.63) is 69.5 Å². The summed E-state index contributed by atoms with van der Waals surface area (Å²) in [5.41, 5.74) is 3.37. The van der Waals surface area contributed by atoms with Gasteiger partial charge in [-0.25, -0.2) is 9.97 Å². The number of pyridine rings is 1. The molecule has 126 valence electrons. The maximum absolute atomic E-state index is 12.1. The van der Waals surface area contributed by atoms with E-state index in [2.05, 4.69) is 15.0 Å². The second-order valence-electron chi connectivity index (χ2n) is 5.73. The van der Waals surface area contributed by atoms with Crippen molar-refractivity contribution in [3.8, 4) is 21.7 Å². The number of hydrogen-bond acceptors (Lipinski definition) is 5. The standard InChI is InChI=1S/C19H10ClN3O2S/c20-11-5-3-10(4-6-11)12-8-13(14-2-1-7-26-14)23-19-15(12)16-17(25-19)18(24)22-9-21-16/h1-9H,(H,21,22,24). The molecule has 5 aromatic rings. The molecule has 0 saturated heterocycles. The van der Waals surface area contributed by atoms with Crippen LogP contribution in [0.25, 0.3) is 43.9 Å². The van der Waals surface area contributed by atoms with Crippen LogP contribution in [-0.2, 0) is 0 Å². The van der Waals surface area contributed by atoms with Crippen LogP contribution in [0.5, 0.6) is 0 Å². The van der Waals surface area contributed by atoms with Crippen LogP contribution in [0.2, 0.25) is 5.02 Å². The van der Waals surface area contributed by atoms with E-state index in [1.165, 1.54) is 6.33 Å². The van der Waals surface area contributed by atoms with Gasteiger partial charge >= 0.3 is 0 Å². The number of fused-ring (bicyclic) bond motifs is 3. The minimum atomic E-state index is -0.326. The van der Waals surface area contributed by atoms with Crippen molar-refractivity contribution in [1.82, 2.24) is 15.0 Å². The van der Waals surface area contributed by atoms with Gasteiger partial charge in [-0.3, -0.25) is 4.79 Å². The summed E-state index contributed by atoms with van der Waals surface area (Å²) in [6.45, 7) is 0. The van der Waals surface area contributed by atoms with Crippen molar-refractivity contribution >= 4 is 45.1 Å². The predicted molar refractivity (Wildman–Crippen MR) is 104 cm³/mol. The SMILES string of the molecule is O=c1[nH]cnc2c1oc1nc(-c3cccs3)cc(-c3ccc(Cl)cc3)c12. The molecule has 0 aliphatic carbocycles. The van der Waals surface area contributed by atoms with E-state index in [-0.39, 0.29) is 11.1 Å². The molecular weight excluding hydrogens is 370 g/mol. The average Bonchev–Trinajstić information content (AvgIpc) is 3.30. The quantitative estimate of drug-likeness (QED) is 0.462. The van der Waals surface area contributed by atoms with Gasteiger partial charge in [-0.1, -0.05) is 29.8 Å². The van der Waals surface area contributed by atoms with E-state index in [9.17, 15) is 4.79 Å². The fourth-order valence-corrected chi connectivity index (χ4v) is 3.80. The van der Waals surface area contributed by atoms with Crippen molar-refractivity contribution in [2.24, 2.45) is 0 Å². The van der Waals surface area contributed by atoms with Crippen molar-refractivity contribution in [1.29, 1.82) is 0 Å². The van der Waals surface area contributed by atoms with Crippen LogP contribution < -0.4 is 5.56 Å². The Labute approximate surface area is 155 Å². The summed E-state index contributed by atoms with van der Waals surface area (Å²) in [5, 5.41) is 3.37. The van der Waals surface area contributed by atoms with Crippen molar-refractivity contribution in [3.63, 3.8) is 0 Å². The Hall–Kier alpha value is -2.96. The highest BCUT2D eigenvalue weighted by atomic mass is 35.5. The maximum atomic E-state index is 12.1. The predicted octanol–water partition coefficient (Wildman–Crippen LogP) is 5.11. The van der Waals surface area contributed by atoms with Crippen molar-refractivity contribution in [2.45, 2.75) is 0 Å². The number of aromatic nitrogens is 3. The smallest absolute Gasteiger partial charge is 0.294 e. The number of rotatable bonds is 2. The number of benzene rings is 1. The minimum Gasteiger partial charge on any atom is -0.430 e. The largest absolute Gasteiger partial charge is 0.430 e. The Bertz CT molecular complexity index is 1300. The molecule has 0 spiro atoms. The molecular formula is C19H10ClN3O2S. The lowest BCUT2D eigenvalue weighted by Crippen LogP contribution is -2.04. The molecule has 7 heteroatoms. The molecule has 0 amide bonds. The normalized spacial score (nSPS) is 11.4. The van der Waals surface area contributed by atoms with Crippen LogP contribution in [0.1, 0.15) is 0 Å². The number of halogens is 1. The molecule has 0 bridgehead atoms. The second-order valence-corrected chi connectivity index (χ2v) is 7.11. The number of furan rings is 1. The Morgan fingerprint density at radius 3 is 2.77 bits per heavy atom. The van der Waals surface area contributed by atoms with Gasteiger partial charge in [-0.05, 0) is 40.8 Å². The lowest BCUT2D eigenvalue weighted by Gasteiger charge is -2.06. The Balaban J connectivity index is 1.93. The maximum Gasteiger partial charge on any atom is 0.294 e. The van der Waals surface area contributed by atoms with Crippen LogP contribution in [0.15, 0.2) is 63.4 Å². The van der Waals surface area contributed by atoms with E-state index in [0.717, 1.165) is 21.7 Å². The number of nitrogens with one attached hydrogen (secondary N) is 1. The van der Waals surface area contributed by atoms with Gasteiger partial charge < -0.3 is 9.40 Å². The molecule has 0 saturated carbocycles. The molecule has 0 aliphatic rings. The van der Waals surface area contributed by atoms with Crippen LogP contribution in [0, 0.1) is 0 Å². The number of H-pyrrole nitrogens is 1. The summed E-state index contributed by atoms with van der Waals surface area (Å²) >= 11 is 7.63. The lowest BCUT2D eigenvalue weighted by atomic mass is 10.0. The zero-order valence-electron chi connectivity index (χ0n) is 13.2. The molecule has 0 fully saturated rings. The third-order valence-corrected chi connectivity index (χ3v) is 5.31. The summed E-state index contributed by atoms with van der Waals surface area (Å²) in [4.78, 5) is 24.6. The van der Waals surface area contributed by atoms with Gasteiger partial charge in [0.2, 0.25) is 11.3 Å². The zero-order chi connectivity index (χ0) is 17.7. The molecule has 1 aromatic carbocycles. The van der Waals surface area contributed by atoms with Gasteiger partial charge in [0, 0.05) is 5.02 Å². The van der Waals surface area contributed by atoms with Gasteiger partial charge in [0.15, 0.2) is 0 Å². The van der Waals surface area contributed by atoms with Gasteiger partial charge in [-0.15, -0.1) is 11.3 Å². The van der Waals surface area contributed by atoms with E-state index >= 15 is 0 Å². The molecule has 4 aromatic heterocycles. The highest BCUT2D eigenvalue weighted by Crippen LogP contribution is 2.37. The molecule has 0 aliphatic heterocycles. The highest BCUT2D eigenvalue weighted by Gasteiger charge is 2.19.